The lowest BCUT2D eigenvalue weighted by atomic mass is 9.86. The first-order chi connectivity index (χ1) is 14.2. The quantitative estimate of drug-likeness (QED) is 0.586. The summed E-state index contributed by atoms with van der Waals surface area (Å²) in [6.07, 6.45) is 6.38. The standard InChI is InChI=1S/C22H26N4O2S/c1-16-8-5-6-12-19(16)23-20(27)15-29-22-25-24-21(17-9-3-2-4-10-17)26(22)14-18-11-7-13-28-18/h2-4,7,9-11,13,16,19H,5-6,8,12,14-15H2,1H3,(H,23,27)/t16-,19-/m1/s1. The van der Waals surface area contributed by atoms with Crippen LogP contribution in [0.2, 0.25) is 0 Å². The Kier molecular flexibility index (Phi) is 6.34. The maximum Gasteiger partial charge on any atom is 0.230 e. The first-order valence-electron chi connectivity index (χ1n) is 10.1. The minimum atomic E-state index is 0.0579. The third-order valence-electron chi connectivity index (χ3n) is 5.43. The molecule has 0 bridgehead atoms. The average molecular weight is 411 g/mol. The van der Waals surface area contributed by atoms with Crippen LogP contribution in [0, 0.1) is 5.92 Å². The first kappa shape index (κ1) is 19.8. The molecule has 1 fully saturated rings. The molecular formula is C22H26N4O2S. The van der Waals surface area contributed by atoms with Gasteiger partial charge in [-0.2, -0.15) is 0 Å². The lowest BCUT2D eigenvalue weighted by Gasteiger charge is -2.29. The number of nitrogens with one attached hydrogen (secondary N) is 1. The lowest BCUT2D eigenvalue weighted by molar-refractivity contribution is -0.119. The first-order valence-corrected chi connectivity index (χ1v) is 11.1. The zero-order valence-corrected chi connectivity index (χ0v) is 17.4. The number of nitrogens with zero attached hydrogens (tertiary/aromatic N) is 3. The van der Waals surface area contributed by atoms with Crippen molar-refractivity contribution in [1.82, 2.24) is 20.1 Å². The smallest absolute Gasteiger partial charge is 0.230 e. The van der Waals surface area contributed by atoms with Gasteiger partial charge in [-0.3, -0.25) is 9.36 Å². The van der Waals surface area contributed by atoms with Gasteiger partial charge in [0.25, 0.3) is 0 Å². The molecule has 7 heteroatoms. The van der Waals surface area contributed by atoms with Crippen LogP contribution in [-0.2, 0) is 11.3 Å². The SMILES string of the molecule is C[C@@H]1CCCC[C@H]1NC(=O)CSc1nnc(-c2ccccc2)n1Cc1ccco1. The maximum absolute atomic E-state index is 12.5. The van der Waals surface area contributed by atoms with Crippen LogP contribution in [0.3, 0.4) is 0 Å². The fourth-order valence-corrected chi connectivity index (χ4v) is 4.56. The molecule has 2 aromatic heterocycles. The molecule has 1 amide bonds. The van der Waals surface area contributed by atoms with Gasteiger partial charge in [0.2, 0.25) is 5.91 Å². The third kappa shape index (κ3) is 4.90. The Morgan fingerprint density at radius 1 is 1.17 bits per heavy atom. The molecule has 1 aliphatic rings. The molecule has 2 heterocycles. The lowest BCUT2D eigenvalue weighted by Crippen LogP contribution is -2.41. The summed E-state index contributed by atoms with van der Waals surface area (Å²) < 4.78 is 7.53. The topological polar surface area (TPSA) is 73.0 Å². The second kappa shape index (κ2) is 9.31. The largest absolute Gasteiger partial charge is 0.467 e. The highest BCUT2D eigenvalue weighted by Crippen LogP contribution is 2.26. The molecule has 2 atom stereocenters. The minimum Gasteiger partial charge on any atom is -0.467 e. The Hall–Kier alpha value is -2.54. The molecule has 4 rings (SSSR count). The third-order valence-corrected chi connectivity index (χ3v) is 6.40. The molecule has 3 aromatic rings. The van der Waals surface area contributed by atoms with Crippen LogP contribution in [-0.4, -0.2) is 32.5 Å². The van der Waals surface area contributed by atoms with Crippen molar-refractivity contribution in [3.63, 3.8) is 0 Å². The molecular weight excluding hydrogens is 384 g/mol. The van der Waals surface area contributed by atoms with Crippen molar-refractivity contribution in [2.24, 2.45) is 5.92 Å². The van der Waals surface area contributed by atoms with Gasteiger partial charge in [-0.25, -0.2) is 0 Å². The number of benzene rings is 1. The predicted molar refractivity (Wildman–Crippen MR) is 114 cm³/mol. The summed E-state index contributed by atoms with van der Waals surface area (Å²) in [5, 5.41) is 12.7. The highest BCUT2D eigenvalue weighted by Gasteiger charge is 2.23. The van der Waals surface area contributed by atoms with Gasteiger partial charge in [0, 0.05) is 11.6 Å². The number of carbonyl (C=O) groups excluding carboxylic acids is 1. The number of amides is 1. The number of thioether (sulfide) groups is 1. The molecule has 6 nitrogen and oxygen atoms in total. The van der Waals surface area contributed by atoms with E-state index in [4.69, 9.17) is 4.42 Å². The number of hydrogen-bond donors (Lipinski definition) is 1. The van der Waals surface area contributed by atoms with Gasteiger partial charge in [0.1, 0.15) is 5.76 Å². The predicted octanol–water partition coefficient (Wildman–Crippen LogP) is 4.37. The van der Waals surface area contributed by atoms with E-state index in [1.807, 2.05) is 47.0 Å². The van der Waals surface area contributed by atoms with E-state index in [9.17, 15) is 4.79 Å². The van der Waals surface area contributed by atoms with Crippen molar-refractivity contribution in [3.05, 3.63) is 54.5 Å². The van der Waals surface area contributed by atoms with Crippen LogP contribution in [0.5, 0.6) is 0 Å². The van der Waals surface area contributed by atoms with Crippen LogP contribution < -0.4 is 5.32 Å². The molecule has 1 aromatic carbocycles. The van der Waals surface area contributed by atoms with Gasteiger partial charge in [-0.05, 0) is 30.9 Å². The molecule has 0 unspecified atom stereocenters. The van der Waals surface area contributed by atoms with E-state index in [1.54, 1.807) is 6.26 Å². The van der Waals surface area contributed by atoms with Crippen molar-refractivity contribution in [1.29, 1.82) is 0 Å². The molecule has 0 saturated heterocycles. The van der Waals surface area contributed by atoms with E-state index in [0.717, 1.165) is 23.6 Å². The summed E-state index contributed by atoms with van der Waals surface area (Å²) in [5.41, 5.74) is 0.985. The van der Waals surface area contributed by atoms with Crippen LogP contribution in [0.15, 0.2) is 58.3 Å². The Balaban J connectivity index is 1.48. The minimum absolute atomic E-state index is 0.0579. The van der Waals surface area contributed by atoms with Gasteiger partial charge < -0.3 is 9.73 Å². The van der Waals surface area contributed by atoms with Gasteiger partial charge in [-0.15, -0.1) is 10.2 Å². The molecule has 1 N–H and O–H groups in total. The Labute approximate surface area is 175 Å². The number of furan rings is 1. The van der Waals surface area contributed by atoms with E-state index in [2.05, 4.69) is 22.4 Å². The summed E-state index contributed by atoms with van der Waals surface area (Å²) in [6, 6.07) is 14.0. The summed E-state index contributed by atoms with van der Waals surface area (Å²) in [7, 11) is 0. The summed E-state index contributed by atoms with van der Waals surface area (Å²) in [6.45, 7) is 2.75. The van der Waals surface area contributed by atoms with Gasteiger partial charge in [0.05, 0.1) is 18.6 Å². The summed E-state index contributed by atoms with van der Waals surface area (Å²) in [5.74, 6) is 2.52. The van der Waals surface area contributed by atoms with E-state index < -0.39 is 0 Å². The second-order valence-electron chi connectivity index (χ2n) is 7.56. The van der Waals surface area contributed by atoms with Crippen LogP contribution in [0.4, 0.5) is 0 Å². The zero-order valence-electron chi connectivity index (χ0n) is 16.6. The molecule has 1 aliphatic carbocycles. The summed E-state index contributed by atoms with van der Waals surface area (Å²) in [4.78, 5) is 12.5. The van der Waals surface area contributed by atoms with Crippen LogP contribution >= 0.6 is 11.8 Å². The Morgan fingerprint density at radius 2 is 2.00 bits per heavy atom. The van der Waals surface area contributed by atoms with E-state index >= 15 is 0 Å². The van der Waals surface area contributed by atoms with Crippen LogP contribution in [0.25, 0.3) is 11.4 Å². The van der Waals surface area contributed by atoms with Crippen molar-refractivity contribution in [2.75, 3.05) is 5.75 Å². The maximum atomic E-state index is 12.5. The molecule has 0 spiro atoms. The number of aromatic nitrogens is 3. The second-order valence-corrected chi connectivity index (χ2v) is 8.50. The highest BCUT2D eigenvalue weighted by atomic mass is 32.2. The van der Waals surface area contributed by atoms with Gasteiger partial charge in [-0.1, -0.05) is 61.9 Å². The fourth-order valence-electron chi connectivity index (χ4n) is 3.81. The number of hydrogen-bond acceptors (Lipinski definition) is 5. The fraction of sp³-hybridized carbons (Fsp3) is 0.409. The molecule has 1 saturated carbocycles. The normalized spacial score (nSPS) is 19.2. The van der Waals surface area contributed by atoms with Crippen LogP contribution in [0.1, 0.15) is 38.4 Å². The van der Waals surface area contributed by atoms with Crippen molar-refractivity contribution in [3.8, 4) is 11.4 Å². The van der Waals surface area contributed by atoms with Crippen molar-refractivity contribution < 1.29 is 9.21 Å². The Morgan fingerprint density at radius 3 is 2.76 bits per heavy atom. The van der Waals surface area contributed by atoms with Crippen molar-refractivity contribution >= 4 is 17.7 Å². The van der Waals surface area contributed by atoms with E-state index in [0.29, 0.717) is 23.4 Å². The molecule has 152 valence electrons. The number of carbonyl (C=O) groups is 1. The van der Waals surface area contributed by atoms with Gasteiger partial charge in [0.15, 0.2) is 11.0 Å². The molecule has 29 heavy (non-hydrogen) atoms. The molecule has 0 radical (unpaired) electrons. The van der Waals surface area contributed by atoms with E-state index in [-0.39, 0.29) is 11.9 Å². The van der Waals surface area contributed by atoms with Crippen molar-refractivity contribution in [2.45, 2.75) is 50.4 Å². The van der Waals surface area contributed by atoms with E-state index in [1.165, 1.54) is 31.0 Å². The zero-order chi connectivity index (χ0) is 20.1. The van der Waals surface area contributed by atoms with Gasteiger partial charge >= 0.3 is 0 Å². The average Bonchev–Trinajstić information content (AvgIpc) is 3.39. The molecule has 0 aliphatic heterocycles. The Bertz CT molecular complexity index is 924. The monoisotopic (exact) mass is 410 g/mol. The highest BCUT2D eigenvalue weighted by molar-refractivity contribution is 7.99. The number of rotatable bonds is 7. The summed E-state index contributed by atoms with van der Waals surface area (Å²) >= 11 is 1.42.